The Kier molecular flexibility index (Phi) is 6.57. The summed E-state index contributed by atoms with van der Waals surface area (Å²) in [6, 6.07) is 3.41. The molecule has 0 aromatic heterocycles. The van der Waals surface area contributed by atoms with Gasteiger partial charge in [0.15, 0.2) is 11.5 Å². The van der Waals surface area contributed by atoms with Gasteiger partial charge in [0, 0.05) is 23.7 Å². The number of phenolic OH excluding ortho intramolecular Hbond substituents is 1. The molecule has 1 N–H and O–H groups in total. The van der Waals surface area contributed by atoms with Crippen molar-refractivity contribution in [3.8, 4) is 11.5 Å². The highest BCUT2D eigenvalue weighted by Crippen LogP contribution is 2.46. The normalized spacial score (nSPS) is 21.3. The summed E-state index contributed by atoms with van der Waals surface area (Å²) in [7, 11) is 0. The van der Waals surface area contributed by atoms with E-state index in [-0.39, 0.29) is 18.1 Å². The van der Waals surface area contributed by atoms with Crippen molar-refractivity contribution in [3.63, 3.8) is 0 Å². The molecule has 3 rings (SSSR count). The Morgan fingerprint density at radius 1 is 1.38 bits per heavy atom. The minimum absolute atomic E-state index is 0.0215. The molecule has 7 heteroatoms. The Hall–Kier alpha value is -2.41. The second-order valence-corrected chi connectivity index (χ2v) is 7.90. The van der Waals surface area contributed by atoms with E-state index in [9.17, 15) is 14.7 Å². The molecule has 0 amide bonds. The molecule has 0 bridgehead atoms. The van der Waals surface area contributed by atoms with E-state index in [0.29, 0.717) is 40.1 Å². The predicted octanol–water partition coefficient (Wildman–Crippen LogP) is 4.46. The van der Waals surface area contributed by atoms with Crippen molar-refractivity contribution in [3.05, 3.63) is 46.1 Å². The van der Waals surface area contributed by atoms with E-state index in [0.717, 1.165) is 18.6 Å². The largest absolute Gasteiger partial charge is 0.503 e. The van der Waals surface area contributed by atoms with E-state index in [1.807, 2.05) is 6.92 Å². The van der Waals surface area contributed by atoms with E-state index in [1.165, 1.54) is 6.08 Å². The molecule has 1 saturated carbocycles. The van der Waals surface area contributed by atoms with E-state index < -0.39 is 17.8 Å². The quantitative estimate of drug-likeness (QED) is 0.498. The summed E-state index contributed by atoms with van der Waals surface area (Å²) in [6.45, 7) is 7.60. The van der Waals surface area contributed by atoms with Crippen LogP contribution in [0.5, 0.6) is 11.5 Å². The third-order valence-electron chi connectivity index (χ3n) is 5.17. The van der Waals surface area contributed by atoms with Crippen LogP contribution in [0.3, 0.4) is 0 Å². The molecule has 1 fully saturated rings. The van der Waals surface area contributed by atoms with Gasteiger partial charge in [-0.3, -0.25) is 9.79 Å². The topological polar surface area (TPSA) is 85.2 Å². The molecule has 0 radical (unpaired) electrons. The summed E-state index contributed by atoms with van der Waals surface area (Å²) in [5.41, 5.74) is 2.39. The maximum Gasteiger partial charge on any atom is 0.336 e. The second-order valence-electron chi connectivity index (χ2n) is 7.05. The predicted molar refractivity (Wildman–Crippen MR) is 113 cm³/mol. The Morgan fingerprint density at radius 2 is 2.14 bits per heavy atom. The fraction of sp³-hybridized carbons (Fsp3) is 0.409. The van der Waals surface area contributed by atoms with Crippen molar-refractivity contribution in [2.75, 3.05) is 13.2 Å². The highest BCUT2D eigenvalue weighted by molar-refractivity contribution is 9.10. The number of rotatable bonds is 6. The molecule has 1 aromatic rings. The van der Waals surface area contributed by atoms with Crippen LogP contribution in [0.4, 0.5) is 0 Å². The maximum atomic E-state index is 12.9. The fourth-order valence-corrected chi connectivity index (χ4v) is 4.46. The highest BCUT2D eigenvalue weighted by Gasteiger charge is 2.44. The number of nitrogens with zero attached hydrogens (tertiary/aromatic N) is 1. The van der Waals surface area contributed by atoms with Gasteiger partial charge >= 0.3 is 5.97 Å². The first kappa shape index (κ1) is 21.3. The molecule has 1 aromatic carbocycles. The lowest BCUT2D eigenvalue weighted by Crippen LogP contribution is -2.39. The van der Waals surface area contributed by atoms with Crippen LogP contribution in [-0.4, -0.2) is 35.8 Å². The summed E-state index contributed by atoms with van der Waals surface area (Å²) in [5.74, 6) is -1.26. The third-order valence-corrected chi connectivity index (χ3v) is 5.77. The molecule has 1 aliphatic heterocycles. The van der Waals surface area contributed by atoms with Crippen molar-refractivity contribution >= 4 is 33.4 Å². The van der Waals surface area contributed by atoms with Gasteiger partial charge in [-0.2, -0.15) is 0 Å². The highest BCUT2D eigenvalue weighted by atomic mass is 79.9. The number of phenols is 1. The van der Waals surface area contributed by atoms with Gasteiger partial charge in [0.05, 0.1) is 22.6 Å². The standard InChI is InChI=1S/C22H24BrNO5/c1-4-9-29-22(27)18-12(3)24-15-7-6-8-16(25)20(15)19(18)13-10-14(23)21(26)17(11-13)28-5-2/h4,10-11,19-20,26H,1,5-9H2,2-3H3/t19-,20?/m1/s1. The average molecular weight is 462 g/mol. The first-order chi connectivity index (χ1) is 13.9. The van der Waals surface area contributed by atoms with Gasteiger partial charge < -0.3 is 14.6 Å². The smallest absolute Gasteiger partial charge is 0.336 e. The Bertz CT molecular complexity index is 918. The van der Waals surface area contributed by atoms with Gasteiger partial charge in [0.1, 0.15) is 12.4 Å². The van der Waals surface area contributed by atoms with Crippen LogP contribution in [-0.2, 0) is 14.3 Å². The zero-order chi connectivity index (χ0) is 21.1. The molecule has 2 aliphatic rings. The van der Waals surface area contributed by atoms with Crippen LogP contribution in [0, 0.1) is 5.92 Å². The number of carbonyl (C=O) groups is 2. The van der Waals surface area contributed by atoms with Crippen molar-refractivity contribution < 1.29 is 24.2 Å². The lowest BCUT2D eigenvalue weighted by molar-refractivity contribution is -0.138. The van der Waals surface area contributed by atoms with Crippen LogP contribution in [0.1, 0.15) is 44.6 Å². The van der Waals surface area contributed by atoms with Gasteiger partial charge in [-0.15, -0.1) is 0 Å². The number of Topliss-reactive ketones (excluding diaryl/α,β-unsaturated/α-hetero) is 1. The molecule has 0 saturated heterocycles. The molecule has 1 unspecified atom stereocenters. The molecular formula is C22H24BrNO5. The average Bonchev–Trinajstić information content (AvgIpc) is 2.68. The molecular weight excluding hydrogens is 438 g/mol. The SMILES string of the molecule is C=CCOC(=O)C1=C(C)N=C2CCCC(=O)C2[C@@H]1c1cc(Br)c(O)c(OCC)c1. The number of aromatic hydroxyl groups is 1. The Labute approximate surface area is 178 Å². The molecule has 0 spiro atoms. The number of hydrogen-bond acceptors (Lipinski definition) is 6. The van der Waals surface area contributed by atoms with E-state index in [2.05, 4.69) is 27.5 Å². The van der Waals surface area contributed by atoms with Crippen molar-refractivity contribution in [2.45, 2.75) is 39.0 Å². The number of fused-ring (bicyclic) bond motifs is 1. The number of ether oxygens (including phenoxy) is 2. The molecule has 6 nitrogen and oxygen atoms in total. The van der Waals surface area contributed by atoms with Crippen molar-refractivity contribution in [1.82, 2.24) is 0 Å². The molecule has 1 aliphatic carbocycles. The van der Waals surface area contributed by atoms with Crippen LogP contribution in [0.2, 0.25) is 0 Å². The summed E-state index contributed by atoms with van der Waals surface area (Å²) in [4.78, 5) is 30.4. The number of hydrogen-bond donors (Lipinski definition) is 1. The van der Waals surface area contributed by atoms with Gasteiger partial charge in [-0.05, 0) is 60.3 Å². The number of aliphatic imine (C=N–C) groups is 1. The third kappa shape index (κ3) is 4.15. The lowest BCUT2D eigenvalue weighted by atomic mass is 9.69. The van der Waals surface area contributed by atoms with Gasteiger partial charge in [-0.1, -0.05) is 12.7 Å². The van der Waals surface area contributed by atoms with Crippen molar-refractivity contribution in [2.24, 2.45) is 10.9 Å². The van der Waals surface area contributed by atoms with Gasteiger partial charge in [0.2, 0.25) is 0 Å². The van der Waals surface area contributed by atoms with Crippen LogP contribution in [0.15, 0.2) is 45.5 Å². The number of esters is 1. The fourth-order valence-electron chi connectivity index (χ4n) is 4.00. The lowest BCUT2D eigenvalue weighted by Gasteiger charge is -2.35. The minimum atomic E-state index is -0.552. The monoisotopic (exact) mass is 461 g/mol. The Balaban J connectivity index is 2.18. The Morgan fingerprint density at radius 3 is 2.83 bits per heavy atom. The first-order valence-corrected chi connectivity index (χ1v) is 10.4. The van der Waals surface area contributed by atoms with Crippen LogP contribution < -0.4 is 4.74 Å². The number of benzene rings is 1. The summed E-state index contributed by atoms with van der Waals surface area (Å²) >= 11 is 3.36. The molecule has 1 heterocycles. The number of ketones is 1. The zero-order valence-corrected chi connectivity index (χ0v) is 18.1. The summed E-state index contributed by atoms with van der Waals surface area (Å²) in [5, 5.41) is 10.3. The molecule has 154 valence electrons. The van der Waals surface area contributed by atoms with Crippen LogP contribution in [0.25, 0.3) is 0 Å². The van der Waals surface area contributed by atoms with Crippen LogP contribution >= 0.6 is 15.9 Å². The number of allylic oxidation sites excluding steroid dienone is 1. The van der Waals surface area contributed by atoms with E-state index in [4.69, 9.17) is 9.47 Å². The summed E-state index contributed by atoms with van der Waals surface area (Å²) in [6.07, 6.45) is 3.42. The van der Waals surface area contributed by atoms with Crippen molar-refractivity contribution in [1.29, 1.82) is 0 Å². The zero-order valence-electron chi connectivity index (χ0n) is 16.5. The second kappa shape index (κ2) is 8.95. The minimum Gasteiger partial charge on any atom is -0.503 e. The maximum absolute atomic E-state index is 12.9. The molecule has 29 heavy (non-hydrogen) atoms. The number of halogens is 1. The van der Waals surface area contributed by atoms with Gasteiger partial charge in [0.25, 0.3) is 0 Å². The van der Waals surface area contributed by atoms with E-state index >= 15 is 0 Å². The summed E-state index contributed by atoms with van der Waals surface area (Å²) < 4.78 is 11.3. The number of carbonyl (C=O) groups excluding carboxylic acids is 2. The molecule has 2 atom stereocenters. The van der Waals surface area contributed by atoms with E-state index in [1.54, 1.807) is 19.1 Å². The van der Waals surface area contributed by atoms with Gasteiger partial charge in [-0.25, -0.2) is 4.79 Å². The first-order valence-electron chi connectivity index (χ1n) is 9.63.